The highest BCUT2D eigenvalue weighted by atomic mass is 32.2. The summed E-state index contributed by atoms with van der Waals surface area (Å²) in [7, 11) is 3.15. The van der Waals surface area contributed by atoms with E-state index < -0.39 is 0 Å². The van der Waals surface area contributed by atoms with Crippen LogP contribution in [0, 0.1) is 0 Å². The Bertz CT molecular complexity index is 1000. The van der Waals surface area contributed by atoms with Crippen LogP contribution in [-0.2, 0) is 11.3 Å². The summed E-state index contributed by atoms with van der Waals surface area (Å²) in [6.07, 6.45) is 1.56. The summed E-state index contributed by atoms with van der Waals surface area (Å²) in [6, 6.07) is 13.3. The molecule has 1 amide bonds. The Morgan fingerprint density at radius 2 is 2.00 bits per heavy atom. The van der Waals surface area contributed by atoms with Crippen LogP contribution in [0.15, 0.2) is 52.7 Å². The van der Waals surface area contributed by atoms with Gasteiger partial charge in [0, 0.05) is 6.54 Å². The normalized spacial score (nSPS) is 11.1. The molecule has 1 N–H and O–H groups in total. The Hall–Kier alpha value is -3.00. The van der Waals surface area contributed by atoms with Crippen molar-refractivity contribution in [3.05, 3.63) is 48.0 Å². The van der Waals surface area contributed by atoms with Gasteiger partial charge in [-0.15, -0.1) is 0 Å². The number of fused-ring (bicyclic) bond motifs is 1. The quantitative estimate of drug-likeness (QED) is 0.358. The highest BCUT2D eigenvalue weighted by Crippen LogP contribution is 2.27. The van der Waals surface area contributed by atoms with Crippen molar-refractivity contribution < 1.29 is 14.3 Å². The Morgan fingerprint density at radius 1 is 1.21 bits per heavy atom. The minimum absolute atomic E-state index is 0.198. The van der Waals surface area contributed by atoms with Crippen LogP contribution in [0.1, 0.15) is 12.5 Å². The molecule has 0 saturated carbocycles. The molecule has 0 unspecified atom stereocenters. The van der Waals surface area contributed by atoms with Gasteiger partial charge in [-0.3, -0.25) is 4.79 Å². The molecule has 0 saturated heterocycles. The van der Waals surface area contributed by atoms with Crippen LogP contribution in [0.5, 0.6) is 11.5 Å². The number of para-hydroxylation sites is 2. The summed E-state index contributed by atoms with van der Waals surface area (Å²) < 4.78 is 12.5. The minimum Gasteiger partial charge on any atom is -0.493 e. The van der Waals surface area contributed by atoms with E-state index in [4.69, 9.17) is 9.47 Å². The number of benzene rings is 2. The van der Waals surface area contributed by atoms with Gasteiger partial charge in [0.05, 0.1) is 37.2 Å². The third-order valence-electron chi connectivity index (χ3n) is 4.08. The first kappa shape index (κ1) is 19.8. The Kier molecular flexibility index (Phi) is 6.54. The van der Waals surface area contributed by atoms with E-state index >= 15 is 0 Å². The Labute approximate surface area is 167 Å². The number of hydrogen-bond acceptors (Lipinski definition) is 6. The van der Waals surface area contributed by atoms with E-state index in [1.165, 1.54) is 11.8 Å². The number of hydrazone groups is 1. The van der Waals surface area contributed by atoms with Gasteiger partial charge < -0.3 is 14.0 Å². The van der Waals surface area contributed by atoms with Crippen LogP contribution in [0.3, 0.4) is 0 Å². The zero-order chi connectivity index (χ0) is 19.9. The molecule has 1 aromatic heterocycles. The van der Waals surface area contributed by atoms with Gasteiger partial charge in [-0.05, 0) is 42.8 Å². The van der Waals surface area contributed by atoms with Gasteiger partial charge in [-0.2, -0.15) is 5.10 Å². The fraction of sp³-hybridized carbons (Fsp3) is 0.250. The van der Waals surface area contributed by atoms with Gasteiger partial charge in [-0.1, -0.05) is 23.9 Å². The molecule has 28 heavy (non-hydrogen) atoms. The maximum atomic E-state index is 12.1. The first-order valence-electron chi connectivity index (χ1n) is 8.78. The van der Waals surface area contributed by atoms with Crippen molar-refractivity contribution in [1.82, 2.24) is 15.0 Å². The molecule has 0 aliphatic carbocycles. The van der Waals surface area contributed by atoms with Gasteiger partial charge in [-0.25, -0.2) is 10.4 Å². The average molecular weight is 398 g/mol. The van der Waals surface area contributed by atoms with Crippen LogP contribution < -0.4 is 14.9 Å². The van der Waals surface area contributed by atoms with Gasteiger partial charge in [0.15, 0.2) is 16.7 Å². The smallest absolute Gasteiger partial charge is 0.250 e. The van der Waals surface area contributed by atoms with Crippen molar-refractivity contribution in [3.8, 4) is 11.5 Å². The fourth-order valence-electron chi connectivity index (χ4n) is 2.74. The van der Waals surface area contributed by atoms with Gasteiger partial charge >= 0.3 is 0 Å². The molecule has 0 atom stereocenters. The lowest BCUT2D eigenvalue weighted by Gasteiger charge is -2.07. The first-order chi connectivity index (χ1) is 13.7. The molecule has 0 fully saturated rings. The number of carbonyl (C=O) groups excluding carboxylic acids is 1. The number of carbonyl (C=O) groups is 1. The molecule has 146 valence electrons. The predicted molar refractivity (Wildman–Crippen MR) is 111 cm³/mol. The second kappa shape index (κ2) is 9.27. The third-order valence-corrected chi connectivity index (χ3v) is 5.05. The van der Waals surface area contributed by atoms with Crippen molar-refractivity contribution in [3.63, 3.8) is 0 Å². The molecule has 3 aromatic rings. The largest absolute Gasteiger partial charge is 0.493 e. The van der Waals surface area contributed by atoms with Crippen molar-refractivity contribution in [2.75, 3.05) is 20.0 Å². The highest BCUT2D eigenvalue weighted by Gasteiger charge is 2.11. The number of aryl methyl sites for hydroxylation is 1. The number of hydrogen-bond donors (Lipinski definition) is 1. The molecule has 0 bridgehead atoms. The van der Waals surface area contributed by atoms with E-state index in [0.29, 0.717) is 11.5 Å². The number of rotatable bonds is 8. The summed E-state index contributed by atoms with van der Waals surface area (Å²) in [5.74, 6) is 1.27. The summed E-state index contributed by atoms with van der Waals surface area (Å²) in [6.45, 7) is 2.85. The summed E-state index contributed by atoms with van der Waals surface area (Å²) in [4.78, 5) is 16.7. The van der Waals surface area contributed by atoms with E-state index in [0.717, 1.165) is 28.3 Å². The molecule has 0 aliphatic heterocycles. The summed E-state index contributed by atoms with van der Waals surface area (Å²) >= 11 is 1.39. The van der Waals surface area contributed by atoms with Crippen LogP contribution >= 0.6 is 11.8 Å². The third kappa shape index (κ3) is 4.45. The lowest BCUT2D eigenvalue weighted by Crippen LogP contribution is -2.20. The SMILES string of the molecule is CCn1c(SCC(=O)N/N=C\c2ccc(OC)c(OC)c2)nc2ccccc21. The molecule has 0 aliphatic rings. The molecule has 2 aromatic carbocycles. The first-order valence-corrected chi connectivity index (χ1v) is 9.76. The number of aromatic nitrogens is 2. The van der Waals surface area contributed by atoms with E-state index in [9.17, 15) is 4.79 Å². The van der Waals surface area contributed by atoms with E-state index in [1.807, 2.05) is 30.3 Å². The van der Waals surface area contributed by atoms with Crippen LogP contribution in [0.25, 0.3) is 11.0 Å². The zero-order valence-electron chi connectivity index (χ0n) is 16.0. The Balaban J connectivity index is 1.58. The lowest BCUT2D eigenvalue weighted by atomic mass is 10.2. The van der Waals surface area contributed by atoms with Crippen molar-refractivity contribution in [2.24, 2.45) is 5.10 Å². The lowest BCUT2D eigenvalue weighted by molar-refractivity contribution is -0.118. The van der Waals surface area contributed by atoms with Crippen LogP contribution in [0.4, 0.5) is 0 Å². The maximum absolute atomic E-state index is 12.1. The molecule has 7 nitrogen and oxygen atoms in total. The average Bonchev–Trinajstić information content (AvgIpc) is 3.09. The monoisotopic (exact) mass is 398 g/mol. The number of ether oxygens (including phenoxy) is 2. The van der Waals surface area contributed by atoms with Gasteiger partial charge in [0.1, 0.15) is 0 Å². The number of methoxy groups -OCH3 is 2. The van der Waals surface area contributed by atoms with Crippen molar-refractivity contribution in [1.29, 1.82) is 0 Å². The Morgan fingerprint density at radius 3 is 2.75 bits per heavy atom. The molecular weight excluding hydrogens is 376 g/mol. The molecular formula is C20H22N4O3S. The number of imidazole rings is 1. The molecule has 3 rings (SSSR count). The molecule has 1 heterocycles. The van der Waals surface area contributed by atoms with Crippen LogP contribution in [-0.4, -0.2) is 41.6 Å². The highest BCUT2D eigenvalue weighted by molar-refractivity contribution is 7.99. The molecule has 8 heteroatoms. The number of nitrogens with zero attached hydrogens (tertiary/aromatic N) is 3. The number of thioether (sulfide) groups is 1. The van der Waals surface area contributed by atoms with Gasteiger partial charge in [0.25, 0.3) is 5.91 Å². The van der Waals surface area contributed by atoms with E-state index in [2.05, 4.69) is 27.0 Å². The number of amides is 1. The minimum atomic E-state index is -0.198. The van der Waals surface area contributed by atoms with E-state index in [1.54, 1.807) is 32.6 Å². The predicted octanol–water partition coefficient (Wildman–Crippen LogP) is 3.32. The second-order valence-electron chi connectivity index (χ2n) is 5.82. The standard InChI is InChI=1S/C20H22N4O3S/c1-4-24-16-8-6-5-7-15(16)22-20(24)28-13-19(25)23-21-12-14-9-10-17(26-2)18(11-14)27-3/h5-12H,4,13H2,1-3H3,(H,23,25)/b21-12-. The fourth-order valence-corrected chi connectivity index (χ4v) is 3.61. The second-order valence-corrected chi connectivity index (χ2v) is 6.77. The van der Waals surface area contributed by atoms with Gasteiger partial charge in [0.2, 0.25) is 0 Å². The maximum Gasteiger partial charge on any atom is 0.250 e. The summed E-state index contributed by atoms with van der Waals surface area (Å²) in [5, 5.41) is 4.83. The number of nitrogens with one attached hydrogen (secondary N) is 1. The molecule has 0 spiro atoms. The molecule has 0 radical (unpaired) electrons. The topological polar surface area (TPSA) is 77.7 Å². The summed E-state index contributed by atoms with van der Waals surface area (Å²) in [5.41, 5.74) is 5.33. The van der Waals surface area contributed by atoms with E-state index in [-0.39, 0.29) is 11.7 Å². The van der Waals surface area contributed by atoms with Crippen molar-refractivity contribution in [2.45, 2.75) is 18.6 Å². The van der Waals surface area contributed by atoms with Crippen LogP contribution in [0.2, 0.25) is 0 Å². The van der Waals surface area contributed by atoms with Crippen molar-refractivity contribution >= 4 is 34.9 Å². The zero-order valence-corrected chi connectivity index (χ0v) is 16.8.